The van der Waals surface area contributed by atoms with Gasteiger partial charge in [0.15, 0.2) is 0 Å². The zero-order valence-corrected chi connectivity index (χ0v) is 10.7. The van der Waals surface area contributed by atoms with Gasteiger partial charge in [0.25, 0.3) is 0 Å². The van der Waals surface area contributed by atoms with Gasteiger partial charge < -0.3 is 9.31 Å². The molecule has 4 heteroatoms. The summed E-state index contributed by atoms with van der Waals surface area (Å²) < 4.78 is 11.3. The normalized spacial score (nSPS) is 10.1. The van der Waals surface area contributed by atoms with Crippen LogP contribution in [-0.4, -0.2) is 20.3 Å². The summed E-state index contributed by atoms with van der Waals surface area (Å²) in [6.07, 6.45) is 6.71. The molecule has 0 atom stereocenters. The van der Waals surface area contributed by atoms with E-state index in [1.807, 2.05) is 0 Å². The molecule has 0 unspecified atom stereocenters. The summed E-state index contributed by atoms with van der Waals surface area (Å²) in [5.74, 6) is 0. The molecule has 0 fully saturated rings. The lowest BCUT2D eigenvalue weighted by molar-refractivity contribution is 0.191. The van der Waals surface area contributed by atoms with Gasteiger partial charge in [0.1, 0.15) is 0 Å². The summed E-state index contributed by atoms with van der Waals surface area (Å²) in [6, 6.07) is 2.15. The van der Waals surface area contributed by atoms with Crippen LogP contribution in [-0.2, 0) is 9.31 Å². The van der Waals surface area contributed by atoms with Gasteiger partial charge in [0, 0.05) is 19.6 Å². The summed E-state index contributed by atoms with van der Waals surface area (Å²) >= 11 is 0. The second kappa shape index (κ2) is 12.5. The van der Waals surface area contributed by atoms with Crippen molar-refractivity contribution < 1.29 is 9.31 Å². The highest BCUT2D eigenvalue weighted by Gasteiger charge is 2.16. The Morgan fingerprint density at radius 2 is 1.56 bits per heavy atom. The van der Waals surface area contributed by atoms with Crippen LogP contribution < -0.4 is 0 Å². The Balaban J connectivity index is 3.63. The highest BCUT2D eigenvalue weighted by Crippen LogP contribution is 2.06. The predicted octanol–water partition coefficient (Wildman–Crippen LogP) is 3.41. The third-order valence-corrected chi connectivity index (χ3v) is 2.33. The highest BCUT2D eigenvalue weighted by molar-refractivity contribution is 6.44. The fourth-order valence-corrected chi connectivity index (χ4v) is 1.28. The van der Waals surface area contributed by atoms with Crippen LogP contribution in [0.2, 0.25) is 6.32 Å². The Kier molecular flexibility index (Phi) is 12.1. The molecule has 0 aliphatic rings. The van der Waals surface area contributed by atoms with Crippen LogP contribution in [0.15, 0.2) is 0 Å². The van der Waals surface area contributed by atoms with Gasteiger partial charge in [-0.1, -0.05) is 26.7 Å². The van der Waals surface area contributed by atoms with Crippen LogP contribution >= 0.6 is 0 Å². The van der Waals surface area contributed by atoms with Gasteiger partial charge in [-0.05, 0) is 25.6 Å². The minimum Gasteiger partial charge on any atom is -0.411 e. The molecule has 0 radical (unpaired) electrons. The van der Waals surface area contributed by atoms with E-state index in [2.05, 4.69) is 19.9 Å². The van der Waals surface area contributed by atoms with Gasteiger partial charge in [-0.2, -0.15) is 5.26 Å². The number of hydrogen-bond donors (Lipinski definition) is 0. The van der Waals surface area contributed by atoms with Crippen molar-refractivity contribution in [2.75, 3.05) is 13.2 Å². The predicted molar refractivity (Wildman–Crippen MR) is 67.1 cm³/mol. The standard InChI is InChI=1S/C12H24BNO2/c1-3-5-11-15-13(9-7-8-10-14)16-12-6-4-2/h3-9,11-12H2,1-2H3. The SMILES string of the molecule is CCCCOB(CCCC#N)OCCCC. The van der Waals surface area contributed by atoms with Crippen molar-refractivity contribution in [3.63, 3.8) is 0 Å². The Morgan fingerprint density at radius 3 is 2.00 bits per heavy atom. The van der Waals surface area contributed by atoms with Crippen LogP contribution in [0.1, 0.15) is 52.4 Å². The molecule has 16 heavy (non-hydrogen) atoms. The lowest BCUT2D eigenvalue weighted by Crippen LogP contribution is -2.24. The number of unbranched alkanes of at least 4 members (excludes halogenated alkanes) is 3. The molecule has 0 bridgehead atoms. The number of hydrogen-bond acceptors (Lipinski definition) is 3. The van der Waals surface area contributed by atoms with E-state index in [1.54, 1.807) is 0 Å². The van der Waals surface area contributed by atoms with E-state index < -0.39 is 0 Å². The van der Waals surface area contributed by atoms with E-state index in [0.29, 0.717) is 6.42 Å². The fraction of sp³-hybridized carbons (Fsp3) is 0.917. The van der Waals surface area contributed by atoms with Crippen molar-refractivity contribution in [2.45, 2.75) is 58.7 Å². The van der Waals surface area contributed by atoms with Gasteiger partial charge in [0.2, 0.25) is 0 Å². The Hall–Kier alpha value is -0.525. The van der Waals surface area contributed by atoms with Gasteiger partial charge in [-0.3, -0.25) is 0 Å². The molecule has 0 aromatic rings. The highest BCUT2D eigenvalue weighted by atomic mass is 16.6. The second-order valence-electron chi connectivity index (χ2n) is 3.93. The topological polar surface area (TPSA) is 42.2 Å². The molecule has 0 saturated heterocycles. The first-order valence-electron chi connectivity index (χ1n) is 6.45. The molecule has 0 heterocycles. The summed E-state index contributed by atoms with van der Waals surface area (Å²) in [6.45, 7) is 5.82. The van der Waals surface area contributed by atoms with Crippen molar-refractivity contribution in [1.29, 1.82) is 5.26 Å². The first kappa shape index (κ1) is 15.5. The van der Waals surface area contributed by atoms with Crippen LogP contribution in [0.4, 0.5) is 0 Å². The van der Waals surface area contributed by atoms with Crippen molar-refractivity contribution >= 4 is 7.12 Å². The van der Waals surface area contributed by atoms with Crippen LogP contribution in [0, 0.1) is 11.3 Å². The molecule has 0 spiro atoms. The average molecular weight is 225 g/mol. The van der Waals surface area contributed by atoms with Gasteiger partial charge in [-0.15, -0.1) is 0 Å². The Labute approximate surface area is 100 Å². The number of nitriles is 1. The Bertz CT molecular complexity index is 172. The Morgan fingerprint density at radius 1 is 1.00 bits per heavy atom. The quantitative estimate of drug-likeness (QED) is 0.399. The average Bonchev–Trinajstić information content (AvgIpc) is 2.29. The van der Waals surface area contributed by atoms with Crippen LogP contribution in [0.3, 0.4) is 0 Å². The fourth-order valence-electron chi connectivity index (χ4n) is 1.28. The lowest BCUT2D eigenvalue weighted by Gasteiger charge is -2.13. The molecule has 0 aliphatic heterocycles. The van der Waals surface area contributed by atoms with Crippen molar-refractivity contribution in [2.24, 2.45) is 0 Å². The van der Waals surface area contributed by atoms with E-state index in [9.17, 15) is 0 Å². The summed E-state index contributed by atoms with van der Waals surface area (Å²) in [5.41, 5.74) is 0. The maximum atomic E-state index is 8.48. The van der Waals surface area contributed by atoms with Gasteiger partial charge in [0.05, 0.1) is 6.07 Å². The van der Waals surface area contributed by atoms with Crippen LogP contribution in [0.5, 0.6) is 0 Å². The first-order valence-corrected chi connectivity index (χ1v) is 6.45. The maximum Gasteiger partial charge on any atom is 0.456 e. The molecule has 0 rings (SSSR count). The van der Waals surface area contributed by atoms with E-state index in [1.165, 1.54) is 0 Å². The monoisotopic (exact) mass is 225 g/mol. The minimum atomic E-state index is -0.105. The largest absolute Gasteiger partial charge is 0.456 e. The molecule has 0 N–H and O–H groups in total. The van der Waals surface area contributed by atoms with Gasteiger partial charge >= 0.3 is 7.12 Å². The lowest BCUT2D eigenvalue weighted by atomic mass is 9.82. The molecular formula is C12H24BNO2. The molecule has 0 aromatic carbocycles. The number of nitrogens with zero attached hydrogens (tertiary/aromatic N) is 1. The molecule has 0 saturated carbocycles. The van der Waals surface area contributed by atoms with Crippen molar-refractivity contribution in [3.05, 3.63) is 0 Å². The number of rotatable bonds is 11. The van der Waals surface area contributed by atoms with Crippen LogP contribution in [0.25, 0.3) is 0 Å². The van der Waals surface area contributed by atoms with E-state index in [-0.39, 0.29) is 7.12 Å². The third kappa shape index (κ3) is 10.0. The maximum absolute atomic E-state index is 8.48. The zero-order chi connectivity index (χ0) is 12.1. The summed E-state index contributed by atoms with van der Waals surface area (Å²) in [4.78, 5) is 0. The molecular weight excluding hydrogens is 201 g/mol. The second-order valence-corrected chi connectivity index (χ2v) is 3.93. The molecule has 92 valence electrons. The molecule has 0 aromatic heterocycles. The summed E-state index contributed by atoms with van der Waals surface area (Å²) in [5, 5.41) is 8.48. The zero-order valence-electron chi connectivity index (χ0n) is 10.7. The summed E-state index contributed by atoms with van der Waals surface area (Å²) in [7, 11) is -0.105. The molecule has 0 amide bonds. The molecule has 3 nitrogen and oxygen atoms in total. The smallest absolute Gasteiger partial charge is 0.411 e. The van der Waals surface area contributed by atoms with Crippen molar-refractivity contribution in [3.8, 4) is 6.07 Å². The van der Waals surface area contributed by atoms with E-state index in [0.717, 1.165) is 51.6 Å². The van der Waals surface area contributed by atoms with E-state index >= 15 is 0 Å². The molecule has 0 aliphatic carbocycles. The van der Waals surface area contributed by atoms with Gasteiger partial charge in [-0.25, -0.2) is 0 Å². The third-order valence-electron chi connectivity index (χ3n) is 2.33. The first-order chi connectivity index (χ1) is 7.85. The van der Waals surface area contributed by atoms with E-state index in [4.69, 9.17) is 14.6 Å². The minimum absolute atomic E-state index is 0.105. The van der Waals surface area contributed by atoms with Crippen molar-refractivity contribution in [1.82, 2.24) is 0 Å².